The van der Waals surface area contributed by atoms with E-state index in [1.807, 2.05) is 0 Å². The first kappa shape index (κ1) is 11.8. The highest BCUT2D eigenvalue weighted by Crippen LogP contribution is 2.29. The summed E-state index contributed by atoms with van der Waals surface area (Å²) in [4.78, 5) is 7.80. The van der Waals surface area contributed by atoms with Crippen molar-refractivity contribution in [3.63, 3.8) is 0 Å². The molecule has 2 aromatic rings. The molecule has 2 rings (SSSR count). The van der Waals surface area contributed by atoms with Gasteiger partial charge in [0.25, 0.3) is 0 Å². The van der Waals surface area contributed by atoms with Gasteiger partial charge in [0.2, 0.25) is 0 Å². The van der Waals surface area contributed by atoms with Gasteiger partial charge in [0.15, 0.2) is 0 Å². The summed E-state index contributed by atoms with van der Waals surface area (Å²) in [6.07, 6.45) is 2.16. The highest BCUT2D eigenvalue weighted by molar-refractivity contribution is 6.32. The molecular weight excluding hydrogens is 240 g/mol. The fourth-order valence-electron chi connectivity index (χ4n) is 1.48. The summed E-state index contributed by atoms with van der Waals surface area (Å²) in [7, 11) is 1.53. The molecule has 0 saturated heterocycles. The second-order valence-electron chi connectivity index (χ2n) is 3.43. The van der Waals surface area contributed by atoms with Gasteiger partial charge in [0, 0.05) is 6.20 Å². The third kappa shape index (κ3) is 2.54. The lowest BCUT2D eigenvalue weighted by atomic mass is 10.1. The number of aromatic nitrogens is 2. The molecule has 17 heavy (non-hydrogen) atoms. The maximum absolute atomic E-state index is 10.1. The Balaban J connectivity index is 2.34. The number of aliphatic hydroxyl groups excluding tert-OH is 1. The average molecular weight is 251 g/mol. The number of aliphatic hydroxyl groups is 1. The van der Waals surface area contributed by atoms with Crippen LogP contribution in [0.4, 0.5) is 0 Å². The molecule has 0 aliphatic carbocycles. The highest BCUT2D eigenvalue weighted by atomic mass is 35.5. The van der Waals surface area contributed by atoms with Crippen molar-refractivity contribution in [3.8, 4) is 5.75 Å². The minimum absolute atomic E-state index is 0.506. The number of nitrogens with zero attached hydrogens (tertiary/aromatic N) is 2. The van der Waals surface area contributed by atoms with Gasteiger partial charge in [-0.2, -0.15) is 0 Å². The Morgan fingerprint density at radius 1 is 1.35 bits per heavy atom. The molecule has 0 radical (unpaired) electrons. The van der Waals surface area contributed by atoms with Crippen LogP contribution in [-0.4, -0.2) is 22.2 Å². The van der Waals surface area contributed by atoms with Gasteiger partial charge in [-0.3, -0.25) is 0 Å². The van der Waals surface area contributed by atoms with E-state index in [9.17, 15) is 5.11 Å². The molecule has 0 saturated carbocycles. The zero-order valence-corrected chi connectivity index (χ0v) is 9.93. The molecule has 1 N–H and O–H groups in total. The first-order valence-corrected chi connectivity index (χ1v) is 5.37. The normalized spacial score (nSPS) is 12.2. The van der Waals surface area contributed by atoms with Crippen LogP contribution in [0.5, 0.6) is 5.75 Å². The lowest BCUT2D eigenvalue weighted by molar-refractivity contribution is 0.214. The van der Waals surface area contributed by atoms with E-state index in [4.69, 9.17) is 16.3 Å². The van der Waals surface area contributed by atoms with Gasteiger partial charge in [-0.15, -0.1) is 0 Å². The van der Waals surface area contributed by atoms with Crippen molar-refractivity contribution < 1.29 is 9.84 Å². The Kier molecular flexibility index (Phi) is 3.56. The number of halogens is 1. The standard InChI is InChI=1S/C12H11ClN2O2/c1-17-11-6-8(2-3-9(11)13)12(16)10-4-5-14-7-15-10/h2-7,12,16H,1H3. The first-order chi connectivity index (χ1) is 8.22. The van der Waals surface area contributed by atoms with Crippen molar-refractivity contribution in [1.29, 1.82) is 0 Å². The van der Waals surface area contributed by atoms with E-state index in [2.05, 4.69) is 9.97 Å². The summed E-state index contributed by atoms with van der Waals surface area (Å²) < 4.78 is 5.10. The van der Waals surface area contributed by atoms with E-state index >= 15 is 0 Å². The number of hydrogen-bond acceptors (Lipinski definition) is 4. The molecule has 1 atom stereocenters. The monoisotopic (exact) mass is 250 g/mol. The summed E-state index contributed by atoms with van der Waals surface area (Å²) in [6, 6.07) is 6.76. The molecule has 0 aliphatic heterocycles. The Bertz CT molecular complexity index is 505. The molecule has 1 unspecified atom stereocenters. The molecule has 5 heteroatoms. The Morgan fingerprint density at radius 3 is 2.82 bits per heavy atom. The van der Waals surface area contributed by atoms with Crippen LogP contribution in [0, 0.1) is 0 Å². The van der Waals surface area contributed by atoms with Crippen LogP contribution in [0.15, 0.2) is 36.8 Å². The SMILES string of the molecule is COc1cc(C(O)c2ccncn2)ccc1Cl. The van der Waals surface area contributed by atoms with Crippen molar-refractivity contribution in [2.24, 2.45) is 0 Å². The molecule has 0 bridgehead atoms. The molecule has 88 valence electrons. The average Bonchev–Trinajstić information content (AvgIpc) is 2.39. The van der Waals surface area contributed by atoms with Crippen molar-refractivity contribution in [3.05, 3.63) is 53.1 Å². The molecule has 1 aromatic carbocycles. The predicted octanol–water partition coefficient (Wildman–Crippen LogP) is 2.22. The fraction of sp³-hybridized carbons (Fsp3) is 0.167. The third-order valence-corrected chi connectivity index (χ3v) is 2.69. The summed E-state index contributed by atoms with van der Waals surface area (Å²) in [5.41, 5.74) is 1.20. The van der Waals surface area contributed by atoms with Crippen molar-refractivity contribution in [2.75, 3.05) is 7.11 Å². The van der Waals surface area contributed by atoms with Gasteiger partial charge < -0.3 is 9.84 Å². The molecule has 0 aliphatic rings. The smallest absolute Gasteiger partial charge is 0.137 e. The lowest BCUT2D eigenvalue weighted by Gasteiger charge is -2.12. The van der Waals surface area contributed by atoms with Crippen LogP contribution in [0.2, 0.25) is 5.02 Å². The number of benzene rings is 1. The summed E-state index contributed by atoms with van der Waals surface area (Å²) in [6.45, 7) is 0. The summed E-state index contributed by atoms with van der Waals surface area (Å²) in [5.74, 6) is 0.525. The minimum Gasteiger partial charge on any atom is -0.495 e. The molecule has 1 aromatic heterocycles. The minimum atomic E-state index is -0.816. The van der Waals surface area contributed by atoms with Gasteiger partial charge in [-0.1, -0.05) is 17.7 Å². The van der Waals surface area contributed by atoms with Gasteiger partial charge >= 0.3 is 0 Å². The first-order valence-electron chi connectivity index (χ1n) is 5.00. The Labute approximate surface area is 104 Å². The van der Waals surface area contributed by atoms with Crippen LogP contribution < -0.4 is 4.74 Å². The molecule has 0 spiro atoms. The highest BCUT2D eigenvalue weighted by Gasteiger charge is 2.13. The zero-order chi connectivity index (χ0) is 12.3. The summed E-state index contributed by atoms with van der Waals surface area (Å²) >= 11 is 5.91. The molecule has 0 amide bonds. The van der Waals surface area contributed by atoms with E-state index in [1.54, 1.807) is 30.5 Å². The van der Waals surface area contributed by atoms with Crippen LogP contribution >= 0.6 is 11.6 Å². The Hall–Kier alpha value is -1.65. The number of methoxy groups -OCH3 is 1. The van der Waals surface area contributed by atoms with Gasteiger partial charge in [0.05, 0.1) is 17.8 Å². The van der Waals surface area contributed by atoms with Gasteiger partial charge in [0.1, 0.15) is 18.2 Å². The van der Waals surface area contributed by atoms with E-state index in [-0.39, 0.29) is 0 Å². The molecule has 1 heterocycles. The largest absolute Gasteiger partial charge is 0.495 e. The number of ether oxygens (including phenoxy) is 1. The summed E-state index contributed by atoms with van der Waals surface area (Å²) in [5, 5.41) is 10.6. The van der Waals surface area contributed by atoms with Crippen LogP contribution in [-0.2, 0) is 0 Å². The second-order valence-corrected chi connectivity index (χ2v) is 3.84. The van der Waals surface area contributed by atoms with Crippen LogP contribution in [0.25, 0.3) is 0 Å². The van der Waals surface area contributed by atoms with Crippen molar-refractivity contribution in [1.82, 2.24) is 9.97 Å². The van der Waals surface area contributed by atoms with E-state index in [1.165, 1.54) is 13.4 Å². The third-order valence-electron chi connectivity index (χ3n) is 2.38. The van der Waals surface area contributed by atoms with E-state index in [0.29, 0.717) is 22.0 Å². The topological polar surface area (TPSA) is 55.2 Å². The van der Waals surface area contributed by atoms with Crippen LogP contribution in [0.3, 0.4) is 0 Å². The van der Waals surface area contributed by atoms with E-state index < -0.39 is 6.10 Å². The van der Waals surface area contributed by atoms with Gasteiger partial charge in [-0.25, -0.2) is 9.97 Å². The molecule has 4 nitrogen and oxygen atoms in total. The molecular formula is C12H11ClN2O2. The quantitative estimate of drug-likeness (QED) is 0.908. The maximum Gasteiger partial charge on any atom is 0.137 e. The van der Waals surface area contributed by atoms with Crippen molar-refractivity contribution >= 4 is 11.6 Å². The Morgan fingerprint density at radius 2 is 2.18 bits per heavy atom. The van der Waals surface area contributed by atoms with Gasteiger partial charge in [-0.05, 0) is 23.8 Å². The second kappa shape index (κ2) is 5.12. The van der Waals surface area contributed by atoms with Crippen LogP contribution in [0.1, 0.15) is 17.4 Å². The molecule has 0 fully saturated rings. The lowest BCUT2D eigenvalue weighted by Crippen LogP contribution is -2.02. The number of hydrogen-bond donors (Lipinski definition) is 1. The fourth-order valence-corrected chi connectivity index (χ4v) is 1.67. The maximum atomic E-state index is 10.1. The van der Waals surface area contributed by atoms with E-state index in [0.717, 1.165) is 0 Å². The van der Waals surface area contributed by atoms with Crippen molar-refractivity contribution in [2.45, 2.75) is 6.10 Å². The zero-order valence-electron chi connectivity index (χ0n) is 9.17. The number of rotatable bonds is 3. The predicted molar refractivity (Wildman–Crippen MR) is 64.1 cm³/mol.